The molecule has 10 atom stereocenters. The molecule has 2 aliphatic rings. The van der Waals surface area contributed by atoms with Crippen molar-refractivity contribution in [3.05, 3.63) is 0 Å². The minimum Gasteiger partial charge on any atom is -0.456 e. The van der Waals surface area contributed by atoms with Gasteiger partial charge < -0.3 is 48.1 Å². The van der Waals surface area contributed by atoms with Crippen LogP contribution in [0.1, 0.15) is 27.7 Å². The normalized spacial score (nSPS) is 38.9. The van der Waals surface area contributed by atoms with Crippen molar-refractivity contribution in [3.8, 4) is 0 Å². The molecule has 7 unspecified atom stereocenters. The van der Waals surface area contributed by atoms with E-state index in [4.69, 9.17) is 37.9 Å². The molecule has 2 heterocycles. The van der Waals surface area contributed by atoms with E-state index in [1.807, 2.05) is 0 Å². The van der Waals surface area contributed by atoms with E-state index in [0.717, 1.165) is 13.8 Å². The number of esters is 3. The maximum atomic E-state index is 11.8. The zero-order valence-corrected chi connectivity index (χ0v) is 19.4. The monoisotopic (exact) mass is 480 g/mol. The smallest absolute Gasteiger partial charge is 0.303 e. The van der Waals surface area contributed by atoms with Gasteiger partial charge in [-0.25, -0.2) is 0 Å². The Morgan fingerprint density at radius 3 is 1.76 bits per heavy atom. The van der Waals surface area contributed by atoms with Crippen molar-refractivity contribution in [1.29, 1.82) is 0 Å². The lowest BCUT2D eigenvalue weighted by Crippen LogP contribution is -2.65. The van der Waals surface area contributed by atoms with Gasteiger partial charge in [-0.2, -0.15) is 0 Å². The molecule has 2 fully saturated rings. The van der Waals surface area contributed by atoms with Gasteiger partial charge >= 0.3 is 17.9 Å². The Balaban J connectivity index is 2.41. The SMILES string of the molecule is COC1C(O)OC(CO)C(O[C@@H]2OC(C)[C@H](OC(C)=O)C(OC(C)=O)C2OC(C)=O)[C@@H]1OC. The highest BCUT2D eigenvalue weighted by Crippen LogP contribution is 2.33. The van der Waals surface area contributed by atoms with Crippen molar-refractivity contribution in [2.75, 3.05) is 20.8 Å². The first kappa shape index (κ1) is 27.4. The molecule has 0 aromatic carbocycles. The predicted molar refractivity (Wildman–Crippen MR) is 105 cm³/mol. The topological polar surface area (TPSA) is 166 Å². The van der Waals surface area contributed by atoms with Crippen molar-refractivity contribution in [3.63, 3.8) is 0 Å². The fraction of sp³-hybridized carbons (Fsp3) is 0.850. The lowest BCUT2D eigenvalue weighted by Gasteiger charge is -2.48. The average Bonchev–Trinajstić information content (AvgIpc) is 2.72. The molecular weight excluding hydrogens is 448 g/mol. The number of carbonyl (C=O) groups is 3. The quantitative estimate of drug-likeness (QED) is 0.310. The molecule has 0 radical (unpaired) electrons. The Kier molecular flexibility index (Phi) is 9.97. The first-order valence-electron chi connectivity index (χ1n) is 10.4. The summed E-state index contributed by atoms with van der Waals surface area (Å²) in [5, 5.41) is 20.0. The van der Waals surface area contributed by atoms with Gasteiger partial charge in [-0.3, -0.25) is 14.4 Å². The first-order chi connectivity index (χ1) is 15.5. The van der Waals surface area contributed by atoms with Crippen molar-refractivity contribution < 1.29 is 62.5 Å². The van der Waals surface area contributed by atoms with Gasteiger partial charge in [-0.1, -0.05) is 0 Å². The lowest BCUT2D eigenvalue weighted by atomic mass is 9.96. The van der Waals surface area contributed by atoms with Crippen LogP contribution in [0.2, 0.25) is 0 Å². The standard InChI is InChI=1S/C20H32O13/c1-8-13(29-9(2)22)16(30-10(3)23)18(31-11(4)24)20(28-8)33-14-12(7-21)32-19(25)17(27-6)15(14)26-5/h8,12-21,25H,7H2,1-6H3/t8?,12?,13-,14?,15-,16?,17?,18?,19?,20-/m0/s1. The molecule has 2 N–H and O–H groups in total. The molecule has 0 amide bonds. The van der Waals surface area contributed by atoms with Gasteiger partial charge in [0.25, 0.3) is 0 Å². The van der Waals surface area contributed by atoms with Gasteiger partial charge in [0.2, 0.25) is 0 Å². The summed E-state index contributed by atoms with van der Waals surface area (Å²) >= 11 is 0. The van der Waals surface area contributed by atoms with Crippen LogP contribution in [0.5, 0.6) is 0 Å². The summed E-state index contributed by atoms with van der Waals surface area (Å²) in [5.74, 6) is -2.11. The summed E-state index contributed by atoms with van der Waals surface area (Å²) in [7, 11) is 2.69. The van der Waals surface area contributed by atoms with Crippen molar-refractivity contribution >= 4 is 17.9 Å². The fourth-order valence-electron chi connectivity index (χ4n) is 3.96. The Morgan fingerprint density at radius 2 is 1.27 bits per heavy atom. The zero-order chi connectivity index (χ0) is 24.9. The number of ether oxygens (including phenoxy) is 8. The number of methoxy groups -OCH3 is 2. The van der Waals surface area contributed by atoms with Crippen LogP contribution in [-0.2, 0) is 52.3 Å². The number of rotatable bonds is 8. The molecule has 0 saturated carbocycles. The maximum absolute atomic E-state index is 11.8. The molecule has 2 saturated heterocycles. The van der Waals surface area contributed by atoms with E-state index < -0.39 is 85.9 Å². The molecule has 0 aromatic rings. The number of carbonyl (C=O) groups excluding carboxylic acids is 3. The third-order valence-corrected chi connectivity index (χ3v) is 5.26. The molecule has 13 heteroatoms. The highest BCUT2D eigenvalue weighted by atomic mass is 16.8. The molecular formula is C20H32O13. The number of hydrogen-bond acceptors (Lipinski definition) is 13. The number of aliphatic hydroxyl groups is 2. The number of aliphatic hydroxyl groups excluding tert-OH is 2. The molecule has 0 aromatic heterocycles. The third kappa shape index (κ3) is 6.59. The zero-order valence-electron chi connectivity index (χ0n) is 19.4. The maximum Gasteiger partial charge on any atom is 0.303 e. The van der Waals surface area contributed by atoms with Crippen molar-refractivity contribution in [2.45, 2.75) is 89.1 Å². The highest BCUT2D eigenvalue weighted by molar-refractivity contribution is 5.68. The van der Waals surface area contributed by atoms with Crippen LogP contribution in [-0.4, -0.2) is 110 Å². The summed E-state index contributed by atoms with van der Waals surface area (Å²) in [6.45, 7) is 4.46. The Morgan fingerprint density at radius 1 is 0.758 bits per heavy atom. The van der Waals surface area contributed by atoms with Gasteiger partial charge in [-0.15, -0.1) is 0 Å². The summed E-state index contributed by atoms with van der Waals surface area (Å²) in [4.78, 5) is 35.3. The lowest BCUT2D eigenvalue weighted by molar-refractivity contribution is -0.356. The van der Waals surface area contributed by atoms with Crippen LogP contribution in [0.4, 0.5) is 0 Å². The van der Waals surface area contributed by atoms with E-state index in [1.165, 1.54) is 21.1 Å². The predicted octanol–water partition coefficient (Wildman–Crippen LogP) is -1.35. The first-order valence-corrected chi connectivity index (χ1v) is 10.4. The molecule has 2 rings (SSSR count). The van der Waals surface area contributed by atoms with E-state index in [0.29, 0.717) is 0 Å². The van der Waals surface area contributed by atoms with Gasteiger partial charge in [0, 0.05) is 35.0 Å². The minimum atomic E-state index is -1.41. The Bertz CT molecular complexity index is 685. The second kappa shape index (κ2) is 12.0. The van der Waals surface area contributed by atoms with Crippen molar-refractivity contribution in [2.24, 2.45) is 0 Å². The molecule has 2 aliphatic heterocycles. The van der Waals surface area contributed by atoms with E-state index in [9.17, 15) is 24.6 Å². The van der Waals surface area contributed by atoms with Crippen LogP contribution >= 0.6 is 0 Å². The summed E-state index contributed by atoms with van der Waals surface area (Å²) in [6.07, 6.45) is -11.3. The second-order valence-corrected chi connectivity index (χ2v) is 7.68. The van der Waals surface area contributed by atoms with E-state index in [1.54, 1.807) is 6.92 Å². The van der Waals surface area contributed by atoms with Crippen LogP contribution < -0.4 is 0 Å². The average molecular weight is 480 g/mol. The third-order valence-electron chi connectivity index (χ3n) is 5.26. The second-order valence-electron chi connectivity index (χ2n) is 7.68. The molecule has 33 heavy (non-hydrogen) atoms. The molecule has 0 aliphatic carbocycles. The van der Waals surface area contributed by atoms with Crippen LogP contribution in [0.25, 0.3) is 0 Å². The highest BCUT2D eigenvalue weighted by Gasteiger charge is 2.54. The molecule has 0 bridgehead atoms. The van der Waals surface area contributed by atoms with Gasteiger partial charge in [0.1, 0.15) is 24.4 Å². The summed E-state index contributed by atoms with van der Waals surface area (Å²) in [6, 6.07) is 0. The van der Waals surface area contributed by atoms with Gasteiger partial charge in [0.15, 0.2) is 30.9 Å². The summed E-state index contributed by atoms with van der Waals surface area (Å²) < 4.78 is 43.9. The Hall–Kier alpha value is -1.87. The van der Waals surface area contributed by atoms with Crippen LogP contribution in [0.15, 0.2) is 0 Å². The van der Waals surface area contributed by atoms with Crippen molar-refractivity contribution in [1.82, 2.24) is 0 Å². The molecule has 0 spiro atoms. The molecule has 190 valence electrons. The summed E-state index contributed by atoms with van der Waals surface area (Å²) in [5.41, 5.74) is 0. The number of hydrogen-bond donors (Lipinski definition) is 2. The minimum absolute atomic E-state index is 0.554. The van der Waals surface area contributed by atoms with Gasteiger partial charge in [-0.05, 0) is 6.92 Å². The largest absolute Gasteiger partial charge is 0.456 e. The van der Waals surface area contributed by atoms with E-state index in [-0.39, 0.29) is 0 Å². The molecule has 13 nitrogen and oxygen atoms in total. The Labute approximate surface area is 191 Å². The van der Waals surface area contributed by atoms with E-state index >= 15 is 0 Å². The fourth-order valence-corrected chi connectivity index (χ4v) is 3.96. The van der Waals surface area contributed by atoms with E-state index in [2.05, 4.69) is 0 Å². The van der Waals surface area contributed by atoms with Crippen LogP contribution in [0.3, 0.4) is 0 Å². The van der Waals surface area contributed by atoms with Gasteiger partial charge in [0.05, 0.1) is 12.7 Å². The van der Waals surface area contributed by atoms with Crippen LogP contribution in [0, 0.1) is 0 Å².